The molecular formula is C15H22BrN3O3. The van der Waals surface area contributed by atoms with Crippen LogP contribution in [0.25, 0.3) is 0 Å². The van der Waals surface area contributed by atoms with Gasteiger partial charge in [-0.25, -0.2) is 9.78 Å². The lowest BCUT2D eigenvalue weighted by molar-refractivity contribution is -0.0374. The van der Waals surface area contributed by atoms with E-state index in [1.165, 1.54) is 0 Å². The highest BCUT2D eigenvalue weighted by Gasteiger charge is 2.29. The minimum atomic E-state index is -0.765. The summed E-state index contributed by atoms with van der Waals surface area (Å²) in [6.45, 7) is 7.76. The van der Waals surface area contributed by atoms with E-state index in [0.717, 1.165) is 0 Å². The van der Waals surface area contributed by atoms with Gasteiger partial charge in [-0.15, -0.1) is 0 Å². The van der Waals surface area contributed by atoms with Gasteiger partial charge >= 0.3 is 6.09 Å². The van der Waals surface area contributed by atoms with Crippen LogP contribution in [0.2, 0.25) is 0 Å². The number of ether oxygens (including phenoxy) is 1. The largest absolute Gasteiger partial charge is 0.444 e. The van der Waals surface area contributed by atoms with Crippen LogP contribution in [0.4, 0.5) is 4.79 Å². The molecule has 0 radical (unpaired) electrons. The van der Waals surface area contributed by atoms with Crippen LogP contribution in [0.5, 0.6) is 0 Å². The number of aromatic nitrogens is 1. The molecule has 6 nitrogen and oxygen atoms in total. The minimum Gasteiger partial charge on any atom is -0.444 e. The topological polar surface area (TPSA) is 65.9 Å². The van der Waals surface area contributed by atoms with Crippen molar-refractivity contribution in [3.63, 3.8) is 0 Å². The molecule has 0 spiro atoms. The molecule has 1 N–H and O–H groups in total. The van der Waals surface area contributed by atoms with Crippen molar-refractivity contribution >= 4 is 22.0 Å². The van der Waals surface area contributed by atoms with E-state index in [2.05, 4.69) is 20.9 Å². The van der Waals surface area contributed by atoms with Crippen molar-refractivity contribution in [1.29, 1.82) is 0 Å². The van der Waals surface area contributed by atoms with E-state index >= 15 is 0 Å². The predicted octanol–water partition coefficient (Wildman–Crippen LogP) is 2.39. The summed E-state index contributed by atoms with van der Waals surface area (Å²) in [6.07, 6.45) is -1.07. The number of piperazine rings is 1. The Morgan fingerprint density at radius 3 is 2.50 bits per heavy atom. The van der Waals surface area contributed by atoms with Crippen LogP contribution < -0.4 is 0 Å². The van der Waals surface area contributed by atoms with E-state index in [0.29, 0.717) is 36.5 Å². The van der Waals surface area contributed by atoms with Crippen molar-refractivity contribution in [3.8, 4) is 0 Å². The van der Waals surface area contributed by atoms with E-state index in [1.807, 2.05) is 37.8 Å². The summed E-state index contributed by atoms with van der Waals surface area (Å²) in [6, 6.07) is 5.44. The molecule has 0 saturated carbocycles. The summed E-state index contributed by atoms with van der Waals surface area (Å²) in [5, 5.41) is 10.4. The van der Waals surface area contributed by atoms with Gasteiger partial charge in [-0.2, -0.15) is 0 Å². The van der Waals surface area contributed by atoms with Crippen molar-refractivity contribution in [1.82, 2.24) is 14.8 Å². The lowest BCUT2D eigenvalue weighted by Gasteiger charge is -2.37. The van der Waals surface area contributed by atoms with Gasteiger partial charge in [-0.05, 0) is 48.8 Å². The summed E-state index contributed by atoms with van der Waals surface area (Å²) >= 11 is 3.30. The number of rotatable bonds is 2. The second kappa shape index (κ2) is 6.93. The summed E-state index contributed by atoms with van der Waals surface area (Å²) in [4.78, 5) is 19.8. The average molecular weight is 372 g/mol. The molecule has 2 rings (SSSR count). The van der Waals surface area contributed by atoms with Gasteiger partial charge < -0.3 is 14.7 Å². The zero-order valence-corrected chi connectivity index (χ0v) is 14.7. The number of nitrogens with zero attached hydrogens (tertiary/aromatic N) is 3. The van der Waals surface area contributed by atoms with Crippen LogP contribution >= 0.6 is 15.9 Å². The van der Waals surface area contributed by atoms with Gasteiger partial charge in [0.25, 0.3) is 0 Å². The number of carbonyl (C=O) groups is 1. The fourth-order valence-corrected chi connectivity index (χ4v) is 2.59. The Kier molecular flexibility index (Phi) is 5.41. The molecule has 2 heterocycles. The zero-order chi connectivity index (χ0) is 16.3. The van der Waals surface area contributed by atoms with Crippen molar-refractivity contribution in [2.45, 2.75) is 32.6 Å². The SMILES string of the molecule is CC(C)(C)OC(=O)N1CCN(C(O)c2cccc(Br)n2)CC1. The Balaban J connectivity index is 1.90. The number of aliphatic hydroxyl groups is 1. The van der Waals surface area contributed by atoms with E-state index in [1.54, 1.807) is 11.0 Å². The Labute approximate surface area is 139 Å². The molecule has 1 unspecified atom stereocenters. The normalized spacial score (nSPS) is 18.1. The van der Waals surface area contributed by atoms with Gasteiger partial charge in [0.1, 0.15) is 10.2 Å². The maximum Gasteiger partial charge on any atom is 0.410 e. The maximum absolute atomic E-state index is 12.0. The summed E-state index contributed by atoms with van der Waals surface area (Å²) < 4.78 is 6.05. The predicted molar refractivity (Wildman–Crippen MR) is 86.3 cm³/mol. The monoisotopic (exact) mass is 371 g/mol. The molecule has 1 aromatic heterocycles. The fraction of sp³-hybridized carbons (Fsp3) is 0.600. The molecule has 1 aliphatic heterocycles. The van der Waals surface area contributed by atoms with Gasteiger partial charge in [0.05, 0.1) is 5.69 Å². The van der Waals surface area contributed by atoms with Gasteiger partial charge in [0.15, 0.2) is 6.23 Å². The number of amides is 1. The molecule has 1 aliphatic rings. The molecule has 7 heteroatoms. The number of aliphatic hydroxyl groups excluding tert-OH is 1. The van der Waals surface area contributed by atoms with Crippen LogP contribution in [0, 0.1) is 0 Å². The van der Waals surface area contributed by atoms with Crippen molar-refractivity contribution in [3.05, 3.63) is 28.5 Å². The first-order chi connectivity index (χ1) is 10.3. The third-order valence-electron chi connectivity index (χ3n) is 3.31. The van der Waals surface area contributed by atoms with E-state index in [4.69, 9.17) is 4.74 Å². The number of pyridine rings is 1. The molecular weight excluding hydrogens is 350 g/mol. The number of carbonyl (C=O) groups excluding carboxylic acids is 1. The number of hydrogen-bond donors (Lipinski definition) is 1. The lowest BCUT2D eigenvalue weighted by atomic mass is 10.2. The first-order valence-corrected chi connectivity index (χ1v) is 8.08. The van der Waals surface area contributed by atoms with Crippen LogP contribution in [0.1, 0.15) is 32.7 Å². The van der Waals surface area contributed by atoms with Crippen molar-refractivity contribution in [2.75, 3.05) is 26.2 Å². The maximum atomic E-state index is 12.0. The van der Waals surface area contributed by atoms with E-state index in [9.17, 15) is 9.90 Å². The summed E-state index contributed by atoms with van der Waals surface area (Å²) in [7, 11) is 0. The zero-order valence-electron chi connectivity index (χ0n) is 13.1. The number of halogens is 1. The standard InChI is InChI=1S/C15H22BrN3O3/c1-15(2,3)22-14(21)19-9-7-18(8-10-19)13(20)11-5-4-6-12(16)17-11/h4-6,13,20H,7-10H2,1-3H3. The first kappa shape index (κ1) is 17.2. The molecule has 0 aliphatic carbocycles. The minimum absolute atomic E-state index is 0.303. The third kappa shape index (κ3) is 4.66. The highest BCUT2D eigenvalue weighted by atomic mass is 79.9. The van der Waals surface area contributed by atoms with Crippen molar-refractivity contribution < 1.29 is 14.6 Å². The molecule has 1 atom stereocenters. The Bertz CT molecular complexity index is 525. The molecule has 122 valence electrons. The Morgan fingerprint density at radius 1 is 1.32 bits per heavy atom. The van der Waals surface area contributed by atoms with E-state index < -0.39 is 11.8 Å². The van der Waals surface area contributed by atoms with Crippen LogP contribution in [-0.2, 0) is 4.74 Å². The lowest BCUT2D eigenvalue weighted by Crippen LogP contribution is -2.50. The molecule has 22 heavy (non-hydrogen) atoms. The quantitative estimate of drug-likeness (QED) is 0.808. The van der Waals surface area contributed by atoms with Crippen LogP contribution in [-0.4, -0.2) is 57.8 Å². The van der Waals surface area contributed by atoms with Gasteiger partial charge in [-0.1, -0.05) is 6.07 Å². The Hall–Kier alpha value is -1.18. The average Bonchev–Trinajstić information content (AvgIpc) is 2.45. The molecule has 1 saturated heterocycles. The van der Waals surface area contributed by atoms with Gasteiger partial charge in [-0.3, -0.25) is 4.90 Å². The molecule has 0 aromatic carbocycles. The molecule has 1 fully saturated rings. The second-order valence-electron chi connectivity index (χ2n) is 6.26. The highest BCUT2D eigenvalue weighted by Crippen LogP contribution is 2.20. The molecule has 1 aromatic rings. The van der Waals surface area contributed by atoms with Crippen LogP contribution in [0.3, 0.4) is 0 Å². The highest BCUT2D eigenvalue weighted by molar-refractivity contribution is 9.10. The van der Waals surface area contributed by atoms with Crippen LogP contribution in [0.15, 0.2) is 22.8 Å². The summed E-state index contributed by atoms with van der Waals surface area (Å²) in [5.74, 6) is 0. The van der Waals surface area contributed by atoms with E-state index in [-0.39, 0.29) is 6.09 Å². The smallest absolute Gasteiger partial charge is 0.410 e. The number of hydrogen-bond acceptors (Lipinski definition) is 5. The second-order valence-corrected chi connectivity index (χ2v) is 7.07. The fourth-order valence-electron chi connectivity index (χ4n) is 2.23. The van der Waals surface area contributed by atoms with Gasteiger partial charge in [0, 0.05) is 26.2 Å². The summed E-state index contributed by atoms with van der Waals surface area (Å²) in [5.41, 5.74) is 0.105. The molecule has 1 amide bonds. The van der Waals surface area contributed by atoms with Gasteiger partial charge in [0.2, 0.25) is 0 Å². The first-order valence-electron chi connectivity index (χ1n) is 7.29. The van der Waals surface area contributed by atoms with Crippen molar-refractivity contribution in [2.24, 2.45) is 0 Å². The third-order valence-corrected chi connectivity index (χ3v) is 3.75. The Morgan fingerprint density at radius 2 is 1.95 bits per heavy atom. The molecule has 0 bridgehead atoms.